The smallest absolute Gasteiger partial charge is 0.272 e. The number of nitrogens with zero attached hydrogens (tertiary/aromatic N) is 3. The van der Waals surface area contributed by atoms with Crippen molar-refractivity contribution in [3.05, 3.63) is 64.7 Å². The molecule has 1 heterocycles. The Bertz CT molecular complexity index is 1210. The minimum absolute atomic E-state index is 0.0443. The van der Waals surface area contributed by atoms with Gasteiger partial charge in [-0.25, -0.2) is 9.37 Å². The fourth-order valence-electron chi connectivity index (χ4n) is 3.95. The van der Waals surface area contributed by atoms with Crippen molar-refractivity contribution in [2.45, 2.75) is 53.0 Å². The number of imidazole rings is 1. The lowest BCUT2D eigenvalue weighted by atomic mass is 10.1. The summed E-state index contributed by atoms with van der Waals surface area (Å²) < 4.78 is 21.7. The molecule has 0 bridgehead atoms. The molecule has 0 fully saturated rings. The first kappa shape index (κ1) is 24.0. The summed E-state index contributed by atoms with van der Waals surface area (Å²) in [6, 6.07) is 11.9. The number of amides is 1. The van der Waals surface area contributed by atoms with Gasteiger partial charge in [0, 0.05) is 17.3 Å². The second-order valence-corrected chi connectivity index (χ2v) is 8.03. The highest BCUT2D eigenvalue weighted by molar-refractivity contribution is 5.94. The summed E-state index contributed by atoms with van der Waals surface area (Å²) in [7, 11) is 1.61. The van der Waals surface area contributed by atoms with Gasteiger partial charge in [0.25, 0.3) is 5.91 Å². The van der Waals surface area contributed by atoms with Crippen LogP contribution in [0.5, 0.6) is 5.75 Å². The molecular formula is C26H29FN4O2. The Morgan fingerprint density at radius 2 is 2.00 bits per heavy atom. The highest BCUT2D eigenvalue weighted by Gasteiger charge is 2.24. The molecule has 0 aliphatic rings. The molecule has 0 spiro atoms. The van der Waals surface area contributed by atoms with Crippen LogP contribution in [-0.2, 0) is 0 Å². The third-order valence-corrected chi connectivity index (χ3v) is 5.77. The number of aromatic nitrogens is 2. The number of rotatable bonds is 8. The first-order chi connectivity index (χ1) is 15.8. The first-order valence-corrected chi connectivity index (χ1v) is 11.1. The van der Waals surface area contributed by atoms with Gasteiger partial charge < -0.3 is 10.1 Å². The molecule has 0 saturated heterocycles. The van der Waals surface area contributed by atoms with Crippen LogP contribution in [0.3, 0.4) is 0 Å². The summed E-state index contributed by atoms with van der Waals surface area (Å²) in [6.45, 7) is 7.88. The van der Waals surface area contributed by atoms with Crippen LogP contribution in [0.1, 0.15) is 60.4 Å². The average Bonchev–Trinajstić information content (AvgIpc) is 3.15. The molecule has 0 aliphatic carbocycles. The first-order valence-electron chi connectivity index (χ1n) is 11.1. The number of ether oxygens (including phenoxy) is 1. The minimum atomic E-state index is -0.631. The third kappa shape index (κ3) is 4.90. The molecule has 2 aromatic carbocycles. The van der Waals surface area contributed by atoms with Crippen LogP contribution in [0.15, 0.2) is 36.4 Å². The van der Waals surface area contributed by atoms with Crippen molar-refractivity contribution in [2.24, 2.45) is 0 Å². The van der Waals surface area contributed by atoms with E-state index in [9.17, 15) is 9.18 Å². The quantitative estimate of drug-likeness (QED) is 0.495. The Hall–Kier alpha value is -3.66. The van der Waals surface area contributed by atoms with Crippen molar-refractivity contribution in [3.63, 3.8) is 0 Å². The van der Waals surface area contributed by atoms with Gasteiger partial charge >= 0.3 is 0 Å². The Morgan fingerprint density at radius 1 is 1.24 bits per heavy atom. The predicted molar refractivity (Wildman–Crippen MR) is 126 cm³/mol. The van der Waals surface area contributed by atoms with Crippen molar-refractivity contribution in [3.8, 4) is 28.9 Å². The van der Waals surface area contributed by atoms with Gasteiger partial charge in [-0.2, -0.15) is 5.26 Å². The van der Waals surface area contributed by atoms with Crippen molar-refractivity contribution in [1.29, 1.82) is 5.26 Å². The zero-order valence-electron chi connectivity index (χ0n) is 19.7. The van der Waals surface area contributed by atoms with Gasteiger partial charge in [-0.15, -0.1) is 0 Å². The van der Waals surface area contributed by atoms with E-state index in [1.807, 2.05) is 49.6 Å². The molecule has 1 N–H and O–H groups in total. The Labute approximate surface area is 194 Å². The standard InChI is InChI=1S/C26H29FN4O2/c1-6-8-20(7-2)29-26(32)24-17(4)31(21-11-12-23(33-5)16(3)13-21)25(30-24)18-9-10-19(15-28)22(27)14-18/h9-14,20H,6-8H2,1-5H3,(H,29,32). The van der Waals surface area contributed by atoms with E-state index in [0.29, 0.717) is 17.1 Å². The largest absolute Gasteiger partial charge is 0.496 e. The van der Waals surface area contributed by atoms with Crippen LogP contribution in [0.4, 0.5) is 4.39 Å². The van der Waals surface area contributed by atoms with Gasteiger partial charge in [0.05, 0.1) is 18.4 Å². The van der Waals surface area contributed by atoms with Crippen LogP contribution in [0, 0.1) is 31.0 Å². The number of carbonyl (C=O) groups excluding carboxylic acids is 1. The topological polar surface area (TPSA) is 79.9 Å². The van der Waals surface area contributed by atoms with Crippen molar-refractivity contribution < 1.29 is 13.9 Å². The zero-order chi connectivity index (χ0) is 24.1. The number of nitriles is 1. The third-order valence-electron chi connectivity index (χ3n) is 5.77. The lowest BCUT2D eigenvalue weighted by molar-refractivity contribution is 0.0928. The monoisotopic (exact) mass is 448 g/mol. The lowest BCUT2D eigenvalue weighted by Crippen LogP contribution is -2.34. The van der Waals surface area contributed by atoms with Crippen molar-refractivity contribution in [1.82, 2.24) is 14.9 Å². The number of nitrogens with one attached hydrogen (secondary N) is 1. The van der Waals surface area contributed by atoms with Crippen molar-refractivity contribution in [2.75, 3.05) is 7.11 Å². The summed E-state index contributed by atoms with van der Waals surface area (Å²) in [4.78, 5) is 17.8. The molecule has 0 radical (unpaired) electrons. The summed E-state index contributed by atoms with van der Waals surface area (Å²) >= 11 is 0. The van der Waals surface area contributed by atoms with E-state index in [4.69, 9.17) is 10.00 Å². The van der Waals surface area contributed by atoms with E-state index < -0.39 is 5.82 Å². The summed E-state index contributed by atoms with van der Waals surface area (Å²) in [5, 5.41) is 12.2. The summed E-state index contributed by atoms with van der Waals surface area (Å²) in [5.74, 6) is 0.278. The van der Waals surface area contributed by atoms with Gasteiger partial charge in [-0.1, -0.05) is 20.3 Å². The number of hydrogen-bond acceptors (Lipinski definition) is 4. The van der Waals surface area contributed by atoms with Gasteiger partial charge in [-0.3, -0.25) is 9.36 Å². The Morgan fingerprint density at radius 3 is 2.58 bits per heavy atom. The number of aryl methyl sites for hydroxylation is 1. The van der Waals surface area contributed by atoms with Gasteiger partial charge in [0.1, 0.15) is 29.2 Å². The molecule has 6 nitrogen and oxygen atoms in total. The zero-order valence-corrected chi connectivity index (χ0v) is 19.7. The second-order valence-electron chi connectivity index (χ2n) is 8.03. The van der Waals surface area contributed by atoms with Crippen LogP contribution in [-0.4, -0.2) is 28.6 Å². The molecule has 172 valence electrons. The maximum Gasteiger partial charge on any atom is 0.272 e. The molecule has 0 saturated carbocycles. The molecule has 1 atom stereocenters. The van der Waals surface area contributed by atoms with Crippen molar-refractivity contribution >= 4 is 5.91 Å². The number of hydrogen-bond donors (Lipinski definition) is 1. The van der Waals surface area contributed by atoms with Crippen LogP contribution < -0.4 is 10.1 Å². The van der Waals surface area contributed by atoms with E-state index in [-0.39, 0.29) is 23.2 Å². The number of carbonyl (C=O) groups is 1. The highest BCUT2D eigenvalue weighted by Crippen LogP contribution is 2.30. The Balaban J connectivity index is 2.17. The molecular weight excluding hydrogens is 419 g/mol. The van der Waals surface area contributed by atoms with E-state index >= 15 is 0 Å². The van der Waals surface area contributed by atoms with Crippen LogP contribution >= 0.6 is 0 Å². The maximum atomic E-state index is 14.4. The van der Waals surface area contributed by atoms with E-state index in [1.165, 1.54) is 12.1 Å². The van der Waals surface area contributed by atoms with Gasteiger partial charge in [0.15, 0.2) is 0 Å². The SMILES string of the molecule is CCCC(CC)NC(=O)c1nc(-c2ccc(C#N)c(F)c2)n(-c2ccc(OC)c(C)c2)c1C. The molecule has 1 amide bonds. The summed E-state index contributed by atoms with van der Waals surface area (Å²) in [6.07, 6.45) is 2.67. The molecule has 7 heteroatoms. The van der Waals surface area contributed by atoms with E-state index in [0.717, 1.165) is 36.3 Å². The second kappa shape index (κ2) is 10.3. The minimum Gasteiger partial charge on any atom is -0.496 e. The molecule has 3 aromatic rings. The fourth-order valence-corrected chi connectivity index (χ4v) is 3.95. The number of methoxy groups -OCH3 is 1. The predicted octanol–water partition coefficient (Wildman–Crippen LogP) is 5.48. The normalized spacial score (nSPS) is 11.7. The summed E-state index contributed by atoms with van der Waals surface area (Å²) in [5.41, 5.74) is 3.05. The Kier molecular flexibility index (Phi) is 7.49. The van der Waals surface area contributed by atoms with Crippen LogP contribution in [0.2, 0.25) is 0 Å². The number of benzene rings is 2. The molecule has 3 rings (SSSR count). The van der Waals surface area contributed by atoms with E-state index in [1.54, 1.807) is 13.2 Å². The van der Waals surface area contributed by atoms with Crippen LogP contribution in [0.25, 0.3) is 17.1 Å². The molecule has 1 unspecified atom stereocenters. The fraction of sp³-hybridized carbons (Fsp3) is 0.346. The van der Waals surface area contributed by atoms with E-state index in [2.05, 4.69) is 17.2 Å². The molecule has 33 heavy (non-hydrogen) atoms. The van der Waals surface area contributed by atoms with Gasteiger partial charge in [0.2, 0.25) is 0 Å². The molecule has 0 aliphatic heterocycles. The molecule has 1 aromatic heterocycles. The van der Waals surface area contributed by atoms with Gasteiger partial charge in [-0.05, 0) is 68.7 Å². The maximum absolute atomic E-state index is 14.4. The average molecular weight is 449 g/mol. The lowest BCUT2D eigenvalue weighted by Gasteiger charge is -2.15. The highest BCUT2D eigenvalue weighted by atomic mass is 19.1. The number of halogens is 1.